The minimum atomic E-state index is -0.0671. The van der Waals surface area contributed by atoms with E-state index in [1.54, 1.807) is 0 Å². The number of nitrogens with one attached hydrogen (secondary N) is 1. The maximum absolute atomic E-state index is 6.42. The molecule has 1 saturated heterocycles. The van der Waals surface area contributed by atoms with Crippen LogP contribution >= 0.6 is 0 Å². The van der Waals surface area contributed by atoms with Crippen molar-refractivity contribution in [2.24, 2.45) is 16.7 Å². The molecule has 4 unspecified atom stereocenters. The van der Waals surface area contributed by atoms with Crippen molar-refractivity contribution in [3.63, 3.8) is 0 Å². The molecule has 0 aromatic heterocycles. The molecule has 0 aromatic rings. The first-order valence-electron chi connectivity index (χ1n) is 9.30. The Morgan fingerprint density at radius 3 is 2.17 bits per heavy atom. The summed E-state index contributed by atoms with van der Waals surface area (Å²) >= 11 is 0. The molecule has 1 aliphatic heterocycles. The molecule has 0 saturated carbocycles. The van der Waals surface area contributed by atoms with Crippen molar-refractivity contribution in [1.82, 2.24) is 5.32 Å². The van der Waals surface area contributed by atoms with Crippen molar-refractivity contribution in [1.29, 1.82) is 0 Å². The van der Waals surface area contributed by atoms with Crippen LogP contribution in [0.15, 0.2) is 0 Å². The lowest BCUT2D eigenvalue weighted by Gasteiger charge is -2.47. The number of methoxy groups -OCH3 is 1. The van der Waals surface area contributed by atoms with Gasteiger partial charge in [0.1, 0.15) is 12.3 Å². The van der Waals surface area contributed by atoms with Crippen LogP contribution in [-0.4, -0.2) is 31.1 Å². The summed E-state index contributed by atoms with van der Waals surface area (Å²) in [5.74, 6) is 0.417. The van der Waals surface area contributed by atoms with Gasteiger partial charge in [-0.2, -0.15) is 0 Å². The lowest BCUT2D eigenvalue weighted by Crippen LogP contribution is -2.57. The van der Waals surface area contributed by atoms with Crippen LogP contribution in [0.4, 0.5) is 0 Å². The quantitative estimate of drug-likeness (QED) is 0.771. The lowest BCUT2D eigenvalue weighted by atomic mass is 9.61. The van der Waals surface area contributed by atoms with Gasteiger partial charge in [-0.25, -0.2) is 0 Å². The summed E-state index contributed by atoms with van der Waals surface area (Å²) in [5.41, 5.74) is 0.378. The second-order valence-electron chi connectivity index (χ2n) is 9.88. The molecule has 0 amide bonds. The highest BCUT2D eigenvalue weighted by atomic mass is 16.6. The maximum atomic E-state index is 6.42. The Kier molecular flexibility index (Phi) is 6.74. The molecule has 3 heteroatoms. The molecule has 1 heterocycles. The molecule has 1 fully saturated rings. The van der Waals surface area contributed by atoms with Crippen molar-refractivity contribution in [3.05, 3.63) is 0 Å². The van der Waals surface area contributed by atoms with Crippen LogP contribution in [0, 0.1) is 16.7 Å². The van der Waals surface area contributed by atoms with Crippen molar-refractivity contribution >= 4 is 0 Å². The molecule has 1 aliphatic rings. The predicted octanol–water partition coefficient (Wildman–Crippen LogP) is 4.99. The van der Waals surface area contributed by atoms with E-state index in [-0.39, 0.29) is 34.8 Å². The van der Waals surface area contributed by atoms with Crippen LogP contribution in [0.5, 0.6) is 0 Å². The van der Waals surface area contributed by atoms with Gasteiger partial charge in [0.2, 0.25) is 0 Å². The van der Waals surface area contributed by atoms with Crippen molar-refractivity contribution < 1.29 is 9.47 Å². The Balaban J connectivity index is 3.19. The molecule has 0 radical (unpaired) electrons. The first-order valence-corrected chi connectivity index (χ1v) is 9.30. The molecule has 0 aliphatic carbocycles. The Morgan fingerprint density at radius 1 is 1.17 bits per heavy atom. The molecule has 4 atom stereocenters. The molecule has 0 aromatic carbocycles. The standard InChI is InChI=1S/C20H41NO2/c1-11-12-20(8,9)21-17-15(22-10)16(18(3,4)5)19(6,7)13-14(2)23-17/h14-17,21H,11-13H2,1-10H3. The molecule has 3 nitrogen and oxygen atoms in total. The molecule has 0 spiro atoms. The van der Waals surface area contributed by atoms with E-state index in [1.807, 2.05) is 7.11 Å². The average molecular weight is 328 g/mol. The van der Waals surface area contributed by atoms with Gasteiger partial charge in [0.15, 0.2) is 0 Å². The minimum absolute atomic E-state index is 0.0473. The molecular weight excluding hydrogens is 286 g/mol. The topological polar surface area (TPSA) is 30.5 Å². The van der Waals surface area contributed by atoms with Gasteiger partial charge in [-0.05, 0) is 50.4 Å². The molecule has 138 valence electrons. The van der Waals surface area contributed by atoms with Crippen LogP contribution < -0.4 is 5.32 Å². The summed E-state index contributed by atoms with van der Waals surface area (Å²) < 4.78 is 12.5. The normalized spacial score (nSPS) is 32.6. The molecular formula is C20H41NO2. The monoisotopic (exact) mass is 327 g/mol. The fourth-order valence-electron chi connectivity index (χ4n) is 4.99. The highest BCUT2D eigenvalue weighted by molar-refractivity contribution is 4.98. The Morgan fingerprint density at radius 2 is 1.74 bits per heavy atom. The largest absolute Gasteiger partial charge is 0.377 e. The van der Waals surface area contributed by atoms with Gasteiger partial charge in [0, 0.05) is 12.6 Å². The first kappa shape index (κ1) is 20.9. The fraction of sp³-hybridized carbons (Fsp3) is 1.00. The number of hydrogen-bond acceptors (Lipinski definition) is 3. The predicted molar refractivity (Wildman–Crippen MR) is 98.6 cm³/mol. The van der Waals surface area contributed by atoms with E-state index in [0.717, 1.165) is 19.3 Å². The third kappa shape index (κ3) is 5.44. The fourth-order valence-corrected chi connectivity index (χ4v) is 4.99. The van der Waals surface area contributed by atoms with Crippen molar-refractivity contribution in [2.75, 3.05) is 7.11 Å². The van der Waals surface area contributed by atoms with Crippen molar-refractivity contribution in [2.45, 2.75) is 106 Å². The van der Waals surface area contributed by atoms with E-state index in [9.17, 15) is 0 Å². The van der Waals surface area contributed by atoms with E-state index in [4.69, 9.17) is 9.47 Å². The molecule has 1 rings (SSSR count). The summed E-state index contributed by atoms with van der Waals surface area (Å²) in [6, 6.07) is 0. The third-order valence-electron chi connectivity index (χ3n) is 5.27. The minimum Gasteiger partial charge on any atom is -0.377 e. The van der Waals surface area contributed by atoms with Crippen LogP contribution in [-0.2, 0) is 9.47 Å². The zero-order chi connectivity index (χ0) is 18.1. The summed E-state index contributed by atoms with van der Waals surface area (Å²) in [4.78, 5) is 0. The lowest BCUT2D eigenvalue weighted by molar-refractivity contribution is -0.132. The summed E-state index contributed by atoms with van der Waals surface area (Å²) in [7, 11) is 1.83. The van der Waals surface area contributed by atoms with Gasteiger partial charge in [-0.1, -0.05) is 48.0 Å². The van der Waals surface area contributed by atoms with Gasteiger partial charge < -0.3 is 9.47 Å². The smallest absolute Gasteiger partial charge is 0.135 e. The van der Waals surface area contributed by atoms with Crippen LogP contribution in [0.1, 0.15) is 81.6 Å². The van der Waals surface area contributed by atoms with Crippen LogP contribution in [0.25, 0.3) is 0 Å². The third-order valence-corrected chi connectivity index (χ3v) is 5.27. The highest BCUT2D eigenvalue weighted by Gasteiger charge is 2.50. The highest BCUT2D eigenvalue weighted by Crippen LogP contribution is 2.49. The average Bonchev–Trinajstić information content (AvgIpc) is 2.40. The van der Waals surface area contributed by atoms with Crippen LogP contribution in [0.3, 0.4) is 0 Å². The second-order valence-corrected chi connectivity index (χ2v) is 9.88. The number of ether oxygens (including phenoxy) is 2. The van der Waals surface area contributed by atoms with E-state index >= 15 is 0 Å². The first-order chi connectivity index (χ1) is 10.3. The number of hydrogen-bond donors (Lipinski definition) is 1. The van der Waals surface area contributed by atoms with Gasteiger partial charge in [-0.3, -0.25) is 5.32 Å². The SMILES string of the molecule is CCCC(C)(C)NC1OC(C)CC(C)(C)C(C(C)(C)C)C1OC. The van der Waals surface area contributed by atoms with Gasteiger partial charge in [-0.15, -0.1) is 0 Å². The molecule has 0 bridgehead atoms. The van der Waals surface area contributed by atoms with E-state index in [0.29, 0.717) is 5.92 Å². The Labute approximate surface area is 144 Å². The Hall–Kier alpha value is -0.120. The molecule has 23 heavy (non-hydrogen) atoms. The van der Waals surface area contributed by atoms with Gasteiger partial charge >= 0.3 is 0 Å². The van der Waals surface area contributed by atoms with Gasteiger partial charge in [0.25, 0.3) is 0 Å². The second kappa shape index (κ2) is 7.41. The summed E-state index contributed by atoms with van der Waals surface area (Å²) in [5, 5.41) is 3.76. The summed E-state index contributed by atoms with van der Waals surface area (Å²) in [6.45, 7) is 20.7. The van der Waals surface area contributed by atoms with E-state index < -0.39 is 0 Å². The summed E-state index contributed by atoms with van der Waals surface area (Å²) in [6.07, 6.45) is 3.55. The maximum Gasteiger partial charge on any atom is 0.135 e. The van der Waals surface area contributed by atoms with Gasteiger partial charge in [0.05, 0.1) is 6.10 Å². The van der Waals surface area contributed by atoms with Crippen LogP contribution in [0.2, 0.25) is 0 Å². The number of rotatable bonds is 5. The molecule has 1 N–H and O–H groups in total. The van der Waals surface area contributed by atoms with Crippen molar-refractivity contribution in [3.8, 4) is 0 Å². The zero-order valence-electron chi connectivity index (χ0n) is 17.2. The zero-order valence-corrected chi connectivity index (χ0v) is 17.2. The van der Waals surface area contributed by atoms with E-state index in [1.165, 1.54) is 0 Å². The van der Waals surface area contributed by atoms with E-state index in [2.05, 4.69) is 67.6 Å². The Bertz CT molecular complexity index is 370.